The quantitative estimate of drug-likeness (QED) is 0.680. The van der Waals surface area contributed by atoms with Crippen LogP contribution in [0.25, 0.3) is 0 Å². The molecule has 0 radical (unpaired) electrons. The third kappa shape index (κ3) is 3.60. The van der Waals surface area contributed by atoms with Crippen LogP contribution < -0.4 is 10.6 Å². The van der Waals surface area contributed by atoms with Crippen molar-refractivity contribution < 1.29 is 0 Å². The summed E-state index contributed by atoms with van der Waals surface area (Å²) in [6.07, 6.45) is 4.82. The average Bonchev–Trinajstić information content (AvgIpc) is 2.40. The lowest BCUT2D eigenvalue weighted by Crippen LogP contribution is -2.22. The fraction of sp³-hybridized carbons (Fsp3) is 0.438. The number of nitrogens with one attached hydrogen (secondary N) is 3. The standard InChI is InChI=1S/C16H23N3/c1-12(15(17)11-13-7-6-8-13)16(18-2)19-14-9-4-3-5-10-14/h3-5,9-10,13,17-19H,6-8,11H2,1-2H3/b16-12-,17-15?. The predicted octanol–water partition coefficient (Wildman–Crippen LogP) is 3.76. The van der Waals surface area contributed by atoms with Crippen molar-refractivity contribution in [2.75, 3.05) is 12.4 Å². The maximum atomic E-state index is 8.22. The summed E-state index contributed by atoms with van der Waals surface area (Å²) in [5.41, 5.74) is 2.80. The lowest BCUT2D eigenvalue weighted by Gasteiger charge is -2.26. The zero-order valence-corrected chi connectivity index (χ0v) is 11.8. The Morgan fingerprint density at radius 1 is 1.26 bits per heavy atom. The Hall–Kier alpha value is -1.77. The highest BCUT2D eigenvalue weighted by molar-refractivity contribution is 5.98. The monoisotopic (exact) mass is 257 g/mol. The number of rotatable bonds is 6. The van der Waals surface area contributed by atoms with Crippen LogP contribution in [-0.4, -0.2) is 12.8 Å². The molecule has 0 amide bonds. The molecule has 0 aliphatic heterocycles. The first kappa shape index (κ1) is 13.7. The van der Waals surface area contributed by atoms with Gasteiger partial charge in [-0.05, 0) is 31.4 Å². The summed E-state index contributed by atoms with van der Waals surface area (Å²) in [4.78, 5) is 0. The van der Waals surface area contributed by atoms with E-state index in [2.05, 4.69) is 10.6 Å². The van der Waals surface area contributed by atoms with Gasteiger partial charge in [0, 0.05) is 24.0 Å². The van der Waals surface area contributed by atoms with E-state index in [0.717, 1.165) is 35.1 Å². The summed E-state index contributed by atoms with van der Waals surface area (Å²) in [7, 11) is 1.89. The van der Waals surface area contributed by atoms with E-state index in [9.17, 15) is 0 Å². The fourth-order valence-electron chi connectivity index (χ4n) is 2.30. The van der Waals surface area contributed by atoms with Crippen molar-refractivity contribution in [1.29, 1.82) is 5.41 Å². The Bertz CT molecular complexity index is 458. The minimum absolute atomic E-state index is 0.734. The topological polar surface area (TPSA) is 47.9 Å². The van der Waals surface area contributed by atoms with Gasteiger partial charge in [-0.15, -0.1) is 0 Å². The Labute approximate surface area is 115 Å². The van der Waals surface area contributed by atoms with Crippen molar-refractivity contribution in [3.05, 3.63) is 41.7 Å². The van der Waals surface area contributed by atoms with Crippen LogP contribution in [0.3, 0.4) is 0 Å². The van der Waals surface area contributed by atoms with E-state index in [1.807, 2.05) is 44.3 Å². The van der Waals surface area contributed by atoms with Gasteiger partial charge in [0.25, 0.3) is 0 Å². The van der Waals surface area contributed by atoms with Gasteiger partial charge in [-0.2, -0.15) is 0 Å². The van der Waals surface area contributed by atoms with Gasteiger partial charge in [0.1, 0.15) is 5.82 Å². The van der Waals surface area contributed by atoms with Gasteiger partial charge in [-0.1, -0.05) is 37.5 Å². The van der Waals surface area contributed by atoms with Crippen molar-refractivity contribution in [2.24, 2.45) is 5.92 Å². The predicted molar refractivity (Wildman–Crippen MR) is 81.5 cm³/mol. The second kappa shape index (κ2) is 6.41. The minimum Gasteiger partial charge on any atom is -0.374 e. The van der Waals surface area contributed by atoms with E-state index in [1.165, 1.54) is 19.3 Å². The molecule has 1 fully saturated rings. The molecule has 3 heteroatoms. The summed E-state index contributed by atoms with van der Waals surface area (Å²) in [5, 5.41) is 14.7. The largest absolute Gasteiger partial charge is 0.374 e. The van der Waals surface area contributed by atoms with Crippen molar-refractivity contribution in [1.82, 2.24) is 5.32 Å². The van der Waals surface area contributed by atoms with Crippen molar-refractivity contribution >= 4 is 11.4 Å². The Morgan fingerprint density at radius 3 is 2.47 bits per heavy atom. The number of benzene rings is 1. The van der Waals surface area contributed by atoms with Gasteiger partial charge in [0.2, 0.25) is 0 Å². The van der Waals surface area contributed by atoms with E-state index < -0.39 is 0 Å². The Kier molecular flexibility index (Phi) is 4.61. The molecule has 1 aromatic carbocycles. The lowest BCUT2D eigenvalue weighted by atomic mass is 9.81. The first-order chi connectivity index (χ1) is 9.20. The van der Waals surface area contributed by atoms with Crippen LogP contribution in [-0.2, 0) is 0 Å². The van der Waals surface area contributed by atoms with E-state index in [-0.39, 0.29) is 0 Å². The van der Waals surface area contributed by atoms with E-state index in [4.69, 9.17) is 5.41 Å². The smallest absolute Gasteiger partial charge is 0.108 e. The Morgan fingerprint density at radius 2 is 1.95 bits per heavy atom. The number of hydrogen-bond acceptors (Lipinski definition) is 3. The Balaban J connectivity index is 2.04. The number of allylic oxidation sites excluding steroid dienone is 1. The van der Waals surface area contributed by atoms with Gasteiger partial charge >= 0.3 is 0 Å². The molecule has 0 unspecified atom stereocenters. The molecule has 0 saturated heterocycles. The third-order valence-corrected chi connectivity index (χ3v) is 3.84. The van der Waals surface area contributed by atoms with Crippen molar-refractivity contribution in [3.8, 4) is 0 Å². The molecule has 102 valence electrons. The highest BCUT2D eigenvalue weighted by Crippen LogP contribution is 2.30. The minimum atomic E-state index is 0.734. The van der Waals surface area contributed by atoms with E-state index in [0.29, 0.717) is 0 Å². The van der Waals surface area contributed by atoms with Gasteiger partial charge in [0.05, 0.1) is 0 Å². The molecule has 3 N–H and O–H groups in total. The molecule has 1 aliphatic rings. The maximum Gasteiger partial charge on any atom is 0.108 e. The molecule has 0 spiro atoms. The van der Waals surface area contributed by atoms with Crippen LogP contribution >= 0.6 is 0 Å². The summed E-state index contributed by atoms with van der Waals surface area (Å²) in [5.74, 6) is 1.66. The van der Waals surface area contributed by atoms with Crippen molar-refractivity contribution in [3.63, 3.8) is 0 Å². The average molecular weight is 257 g/mol. The highest BCUT2D eigenvalue weighted by Gasteiger charge is 2.20. The number of anilines is 1. The van der Waals surface area contributed by atoms with E-state index in [1.54, 1.807) is 0 Å². The van der Waals surface area contributed by atoms with Crippen LogP contribution in [0.5, 0.6) is 0 Å². The molecular formula is C16H23N3. The second-order valence-electron chi connectivity index (χ2n) is 5.22. The van der Waals surface area contributed by atoms with Gasteiger partial charge < -0.3 is 16.0 Å². The van der Waals surface area contributed by atoms with Crippen LogP contribution in [0.1, 0.15) is 32.6 Å². The normalized spacial score (nSPS) is 16.3. The molecule has 3 nitrogen and oxygen atoms in total. The summed E-state index contributed by atoms with van der Waals surface area (Å²) >= 11 is 0. The van der Waals surface area contributed by atoms with Crippen LogP contribution in [0.2, 0.25) is 0 Å². The van der Waals surface area contributed by atoms with Crippen LogP contribution in [0.15, 0.2) is 41.7 Å². The van der Waals surface area contributed by atoms with Gasteiger partial charge in [0.15, 0.2) is 0 Å². The first-order valence-electron chi connectivity index (χ1n) is 6.99. The summed E-state index contributed by atoms with van der Waals surface area (Å²) in [6.45, 7) is 2.02. The molecule has 1 aromatic rings. The first-order valence-corrected chi connectivity index (χ1v) is 6.99. The molecule has 0 atom stereocenters. The summed E-state index contributed by atoms with van der Waals surface area (Å²) in [6, 6.07) is 10.1. The van der Waals surface area contributed by atoms with Gasteiger partial charge in [-0.25, -0.2) is 0 Å². The van der Waals surface area contributed by atoms with Crippen LogP contribution in [0, 0.1) is 11.3 Å². The summed E-state index contributed by atoms with van der Waals surface area (Å²) < 4.78 is 0. The molecule has 0 bridgehead atoms. The SMILES string of the molecule is CN/C(Nc1ccccc1)=C(\C)C(=N)CC1CCC1. The fourth-order valence-corrected chi connectivity index (χ4v) is 2.30. The molecular weight excluding hydrogens is 234 g/mol. The highest BCUT2D eigenvalue weighted by atomic mass is 15.1. The van der Waals surface area contributed by atoms with Crippen LogP contribution in [0.4, 0.5) is 5.69 Å². The molecule has 1 aliphatic carbocycles. The zero-order chi connectivity index (χ0) is 13.7. The molecule has 0 aromatic heterocycles. The zero-order valence-electron chi connectivity index (χ0n) is 11.8. The molecule has 1 saturated carbocycles. The van der Waals surface area contributed by atoms with Crippen molar-refractivity contribution in [2.45, 2.75) is 32.6 Å². The molecule has 0 heterocycles. The molecule has 2 rings (SSSR count). The second-order valence-corrected chi connectivity index (χ2v) is 5.22. The van der Waals surface area contributed by atoms with E-state index >= 15 is 0 Å². The lowest BCUT2D eigenvalue weighted by molar-refractivity contribution is 0.326. The van der Waals surface area contributed by atoms with Gasteiger partial charge in [-0.3, -0.25) is 0 Å². The number of hydrogen-bond donors (Lipinski definition) is 3. The third-order valence-electron chi connectivity index (χ3n) is 3.84. The molecule has 19 heavy (non-hydrogen) atoms. The maximum absolute atomic E-state index is 8.22. The number of para-hydroxylation sites is 1.